The van der Waals surface area contributed by atoms with E-state index in [1.54, 1.807) is 11.1 Å². The van der Waals surface area contributed by atoms with Gasteiger partial charge in [-0.15, -0.1) is 11.8 Å². The van der Waals surface area contributed by atoms with E-state index in [1.165, 1.54) is 18.4 Å². The van der Waals surface area contributed by atoms with Gasteiger partial charge in [0.05, 0.1) is 18.0 Å². The molecule has 0 spiro atoms. The van der Waals surface area contributed by atoms with Crippen LogP contribution in [-0.2, 0) is 4.43 Å². The van der Waals surface area contributed by atoms with Gasteiger partial charge in [0.25, 0.3) is 0 Å². The Hall–Kier alpha value is -0.773. The molecule has 0 aliphatic heterocycles. The zero-order valence-corrected chi connectivity index (χ0v) is 28.8. The fraction of sp³-hybridized carbons (Fsp3) is 0.771. The lowest BCUT2D eigenvalue weighted by Crippen LogP contribution is -2.57. The summed E-state index contributed by atoms with van der Waals surface area (Å²) in [7, 11) is -2.00. The van der Waals surface area contributed by atoms with E-state index in [2.05, 4.69) is 84.7 Å². The molecule has 0 aromatic heterocycles. The maximum atomic E-state index is 10.9. The van der Waals surface area contributed by atoms with Crippen LogP contribution in [0.2, 0.25) is 18.1 Å². The highest BCUT2D eigenvalue weighted by molar-refractivity contribution is 8.00. The molecule has 3 nitrogen and oxygen atoms in total. The third-order valence-corrected chi connectivity index (χ3v) is 17.4. The van der Waals surface area contributed by atoms with Crippen LogP contribution < -0.4 is 0 Å². The maximum absolute atomic E-state index is 10.9. The maximum Gasteiger partial charge on any atom is 0.192 e. The van der Waals surface area contributed by atoms with Crippen molar-refractivity contribution in [3.8, 4) is 11.8 Å². The van der Waals surface area contributed by atoms with Crippen molar-refractivity contribution in [2.24, 2.45) is 22.7 Å². The number of fused-ring (bicyclic) bond motifs is 5. The Morgan fingerprint density at radius 3 is 2.45 bits per heavy atom. The minimum atomic E-state index is -2.00. The summed E-state index contributed by atoms with van der Waals surface area (Å²) in [4.78, 5) is 0. The van der Waals surface area contributed by atoms with Crippen LogP contribution in [0.5, 0.6) is 0 Å². The van der Waals surface area contributed by atoms with Gasteiger partial charge < -0.3 is 14.6 Å². The van der Waals surface area contributed by atoms with Crippen LogP contribution in [-0.4, -0.2) is 47.3 Å². The van der Waals surface area contributed by atoms with Crippen molar-refractivity contribution in [2.75, 3.05) is 5.75 Å². The minimum absolute atomic E-state index is 0.0474. The Kier molecular flexibility index (Phi) is 9.15. The van der Waals surface area contributed by atoms with Gasteiger partial charge in [-0.1, -0.05) is 95.3 Å². The molecule has 2 saturated carbocycles. The van der Waals surface area contributed by atoms with Gasteiger partial charge in [0.2, 0.25) is 0 Å². The molecule has 4 aliphatic carbocycles. The first-order chi connectivity index (χ1) is 18.5. The molecule has 0 radical (unpaired) electrons. The Morgan fingerprint density at radius 2 is 1.82 bits per heavy atom. The first-order valence-corrected chi connectivity index (χ1v) is 19.8. The number of thioether (sulfide) groups is 1. The lowest BCUT2D eigenvalue weighted by Gasteiger charge is -2.58. The molecule has 4 aliphatic rings. The summed E-state index contributed by atoms with van der Waals surface area (Å²) in [6.45, 7) is 23.0. The van der Waals surface area contributed by atoms with Crippen LogP contribution in [0.4, 0.5) is 0 Å². The van der Waals surface area contributed by atoms with Crippen molar-refractivity contribution in [2.45, 2.75) is 142 Å². The monoisotopic (exact) mass is 584 g/mol. The SMILES string of the molecule is CCC(O)(C#CCS[C@@H](C)C1=CC[C@H]2C3=CC=C4C[C@@H](O)C[C@H](O[Si](C)(C)C(C)(C)C)[C@]4(C)[C@H]3CC[C@]12C)CC. The van der Waals surface area contributed by atoms with Gasteiger partial charge in [-0.3, -0.25) is 0 Å². The molecular formula is C35H56O3SSi. The van der Waals surface area contributed by atoms with Crippen molar-refractivity contribution in [3.05, 3.63) is 34.9 Å². The number of aliphatic hydroxyl groups excluding tert-OH is 1. The van der Waals surface area contributed by atoms with Gasteiger partial charge in [0.15, 0.2) is 8.32 Å². The molecule has 7 atom stereocenters. The Bertz CT molecular complexity index is 1110. The van der Waals surface area contributed by atoms with Crippen LogP contribution in [0.1, 0.15) is 100 Å². The molecule has 0 amide bonds. The third kappa shape index (κ3) is 5.62. The molecule has 2 N–H and O–H groups in total. The van der Waals surface area contributed by atoms with Crippen molar-refractivity contribution < 1.29 is 14.6 Å². The molecule has 40 heavy (non-hydrogen) atoms. The molecule has 0 aromatic rings. The van der Waals surface area contributed by atoms with E-state index >= 15 is 0 Å². The second-order valence-electron chi connectivity index (χ2n) is 15.1. The molecule has 0 aromatic carbocycles. The van der Waals surface area contributed by atoms with Crippen molar-refractivity contribution >= 4 is 20.1 Å². The second kappa shape index (κ2) is 11.4. The number of allylic oxidation sites excluding steroid dienone is 4. The minimum Gasteiger partial charge on any atom is -0.413 e. The molecule has 0 unspecified atom stereocenters. The summed E-state index contributed by atoms with van der Waals surface area (Å²) < 4.78 is 7.19. The lowest BCUT2D eigenvalue weighted by atomic mass is 9.49. The highest BCUT2D eigenvalue weighted by Gasteiger charge is 2.58. The summed E-state index contributed by atoms with van der Waals surface area (Å²) in [5, 5.41) is 22.0. The quantitative estimate of drug-likeness (QED) is 0.179. The molecule has 224 valence electrons. The van der Waals surface area contributed by atoms with Gasteiger partial charge in [-0.2, -0.15) is 0 Å². The number of rotatable bonds is 7. The van der Waals surface area contributed by atoms with Crippen LogP contribution >= 0.6 is 11.8 Å². The zero-order valence-electron chi connectivity index (χ0n) is 27.0. The van der Waals surface area contributed by atoms with Crippen molar-refractivity contribution in [3.63, 3.8) is 0 Å². The smallest absolute Gasteiger partial charge is 0.192 e. The largest absolute Gasteiger partial charge is 0.413 e. The van der Waals surface area contributed by atoms with Crippen LogP contribution in [0.15, 0.2) is 34.9 Å². The topological polar surface area (TPSA) is 49.7 Å². The van der Waals surface area contributed by atoms with Crippen molar-refractivity contribution in [1.82, 2.24) is 0 Å². The molecule has 0 saturated heterocycles. The Balaban J connectivity index is 1.55. The molecular weight excluding hydrogens is 529 g/mol. The fourth-order valence-corrected chi connectivity index (χ4v) is 10.2. The number of hydrogen-bond donors (Lipinski definition) is 2. The summed E-state index contributed by atoms with van der Waals surface area (Å²) in [5.41, 5.74) is 3.91. The van der Waals surface area contributed by atoms with Gasteiger partial charge in [0, 0.05) is 10.7 Å². The van der Waals surface area contributed by atoms with Crippen LogP contribution in [0, 0.1) is 34.5 Å². The van der Waals surface area contributed by atoms with Gasteiger partial charge >= 0.3 is 0 Å². The van der Waals surface area contributed by atoms with Crippen molar-refractivity contribution in [1.29, 1.82) is 0 Å². The number of hydrogen-bond acceptors (Lipinski definition) is 4. The van der Waals surface area contributed by atoms with E-state index in [0.29, 0.717) is 29.9 Å². The lowest BCUT2D eigenvalue weighted by molar-refractivity contribution is -0.0417. The van der Waals surface area contributed by atoms with Gasteiger partial charge in [-0.05, 0) is 87.3 Å². The van der Waals surface area contributed by atoms with Crippen LogP contribution in [0.3, 0.4) is 0 Å². The summed E-state index contributed by atoms with van der Waals surface area (Å²) >= 11 is 1.92. The summed E-state index contributed by atoms with van der Waals surface area (Å²) in [5.74, 6) is 8.18. The van der Waals surface area contributed by atoms with E-state index in [9.17, 15) is 10.2 Å². The average Bonchev–Trinajstić information content (AvgIpc) is 3.23. The van der Waals surface area contributed by atoms with E-state index in [4.69, 9.17) is 4.43 Å². The highest BCUT2D eigenvalue weighted by atomic mass is 32.2. The molecule has 4 rings (SSSR count). The predicted molar refractivity (Wildman–Crippen MR) is 174 cm³/mol. The highest BCUT2D eigenvalue weighted by Crippen LogP contribution is 2.65. The zero-order chi connectivity index (χ0) is 29.7. The average molecular weight is 585 g/mol. The third-order valence-electron chi connectivity index (χ3n) is 11.8. The van der Waals surface area contributed by atoms with E-state index < -0.39 is 13.9 Å². The van der Waals surface area contributed by atoms with E-state index in [1.807, 2.05) is 25.6 Å². The number of aliphatic hydroxyl groups is 2. The molecule has 2 fully saturated rings. The van der Waals surface area contributed by atoms with Gasteiger partial charge in [0.1, 0.15) is 5.60 Å². The predicted octanol–water partition coefficient (Wildman–Crippen LogP) is 8.44. The standard InChI is InChI=1S/C35H56O3SSi/c1-11-35(37,12-2)19-13-21-39-24(3)28-16-17-29-27-15-14-25-22-26(36)23-31(38-40(9,10)32(4,5)6)34(25,8)30(27)18-20-33(28,29)7/h14-16,24,26,29-31,36-37H,11-12,17-18,20-23H2,1-10H3/t24-,26+,29-,30-,31-,33+,34-/m0/s1. The second-order valence-corrected chi connectivity index (χ2v) is 21.1. The van der Waals surface area contributed by atoms with Crippen LogP contribution in [0.25, 0.3) is 0 Å². The molecule has 5 heteroatoms. The first kappa shape index (κ1) is 32.1. The Morgan fingerprint density at radius 1 is 1.15 bits per heavy atom. The fourth-order valence-electron chi connectivity index (χ4n) is 7.86. The Labute approximate surface area is 250 Å². The summed E-state index contributed by atoms with van der Waals surface area (Å²) in [6, 6.07) is 0. The normalized spacial score (nSPS) is 34.9. The molecule has 0 heterocycles. The van der Waals surface area contributed by atoms with Gasteiger partial charge in [-0.25, -0.2) is 0 Å². The molecule has 0 bridgehead atoms. The first-order valence-electron chi connectivity index (χ1n) is 15.8. The van der Waals surface area contributed by atoms with E-state index in [-0.39, 0.29) is 28.1 Å². The van der Waals surface area contributed by atoms with E-state index in [0.717, 1.165) is 25.0 Å². The summed E-state index contributed by atoms with van der Waals surface area (Å²) in [6.07, 6.45) is 13.5.